The number of amides is 1. The zero-order valence-electron chi connectivity index (χ0n) is 8.74. The second-order valence-electron chi connectivity index (χ2n) is 3.12. The number of hydrogen-bond acceptors (Lipinski definition) is 3. The predicted octanol–water partition coefficient (Wildman–Crippen LogP) is 0.248. The van der Waals surface area contributed by atoms with E-state index < -0.39 is 18.0 Å². The Hall–Kier alpha value is -1.10. The van der Waals surface area contributed by atoms with E-state index in [2.05, 4.69) is 5.32 Å². The summed E-state index contributed by atoms with van der Waals surface area (Å²) in [5, 5.41) is 11.1. The number of carbonyl (C=O) groups is 2. The first kappa shape index (κ1) is 12.9. The fourth-order valence-corrected chi connectivity index (χ4v) is 0.914. The van der Waals surface area contributed by atoms with Gasteiger partial charge in [0.25, 0.3) is 0 Å². The number of hydrogen-bond donors (Lipinski definition) is 2. The SMILES string of the molecule is CCC(OC)C(=O)NCC(C)C(=O)O. The third-order valence-electron chi connectivity index (χ3n) is 1.95. The van der Waals surface area contributed by atoms with Crippen molar-refractivity contribution in [1.82, 2.24) is 5.32 Å². The van der Waals surface area contributed by atoms with Gasteiger partial charge in [-0.15, -0.1) is 0 Å². The Morgan fingerprint density at radius 2 is 2.07 bits per heavy atom. The molecule has 14 heavy (non-hydrogen) atoms. The highest BCUT2D eigenvalue weighted by Gasteiger charge is 2.17. The molecule has 2 unspecified atom stereocenters. The molecule has 0 spiro atoms. The highest BCUT2D eigenvalue weighted by molar-refractivity contribution is 5.81. The molecule has 2 N–H and O–H groups in total. The van der Waals surface area contributed by atoms with Crippen LogP contribution in [0.1, 0.15) is 20.3 Å². The number of nitrogens with one attached hydrogen (secondary N) is 1. The lowest BCUT2D eigenvalue weighted by atomic mass is 10.2. The van der Waals surface area contributed by atoms with Crippen LogP contribution in [0.5, 0.6) is 0 Å². The van der Waals surface area contributed by atoms with Crippen LogP contribution in [-0.2, 0) is 14.3 Å². The van der Waals surface area contributed by atoms with Crippen LogP contribution >= 0.6 is 0 Å². The minimum absolute atomic E-state index is 0.133. The van der Waals surface area contributed by atoms with Crippen molar-refractivity contribution in [3.63, 3.8) is 0 Å². The predicted molar refractivity (Wildman–Crippen MR) is 50.9 cm³/mol. The largest absolute Gasteiger partial charge is 0.481 e. The monoisotopic (exact) mass is 203 g/mol. The van der Waals surface area contributed by atoms with E-state index in [0.29, 0.717) is 6.42 Å². The molecular formula is C9H17NO4. The quantitative estimate of drug-likeness (QED) is 0.648. The topological polar surface area (TPSA) is 75.6 Å². The smallest absolute Gasteiger partial charge is 0.308 e. The number of ether oxygens (including phenoxy) is 1. The zero-order valence-corrected chi connectivity index (χ0v) is 8.74. The third-order valence-corrected chi connectivity index (χ3v) is 1.95. The molecule has 0 saturated carbocycles. The average Bonchev–Trinajstić information content (AvgIpc) is 2.15. The average molecular weight is 203 g/mol. The van der Waals surface area contributed by atoms with Gasteiger partial charge in [0.15, 0.2) is 0 Å². The van der Waals surface area contributed by atoms with Crippen molar-refractivity contribution in [3.8, 4) is 0 Å². The number of carboxylic acids is 1. The van der Waals surface area contributed by atoms with Gasteiger partial charge in [-0.25, -0.2) is 0 Å². The van der Waals surface area contributed by atoms with Gasteiger partial charge in [-0.05, 0) is 6.42 Å². The summed E-state index contributed by atoms with van der Waals surface area (Å²) in [5.41, 5.74) is 0. The van der Waals surface area contributed by atoms with Gasteiger partial charge in [0.2, 0.25) is 5.91 Å². The fourth-order valence-electron chi connectivity index (χ4n) is 0.914. The first-order valence-electron chi connectivity index (χ1n) is 4.56. The van der Waals surface area contributed by atoms with Gasteiger partial charge < -0.3 is 15.2 Å². The van der Waals surface area contributed by atoms with Gasteiger partial charge in [-0.3, -0.25) is 9.59 Å². The van der Waals surface area contributed by atoms with Crippen LogP contribution in [0.4, 0.5) is 0 Å². The van der Waals surface area contributed by atoms with Crippen LogP contribution in [0, 0.1) is 5.92 Å². The normalized spacial score (nSPS) is 14.5. The molecule has 0 aromatic heterocycles. The number of carboxylic acid groups (broad SMARTS) is 1. The Balaban J connectivity index is 3.89. The van der Waals surface area contributed by atoms with E-state index in [1.54, 1.807) is 0 Å². The molecule has 0 saturated heterocycles. The minimum atomic E-state index is -0.921. The summed E-state index contributed by atoms with van der Waals surface area (Å²) in [5.74, 6) is -1.76. The van der Waals surface area contributed by atoms with E-state index in [1.807, 2.05) is 6.92 Å². The maximum absolute atomic E-state index is 11.3. The molecule has 2 atom stereocenters. The number of methoxy groups -OCH3 is 1. The molecule has 0 heterocycles. The summed E-state index contributed by atoms with van der Waals surface area (Å²) >= 11 is 0. The molecule has 0 aromatic rings. The standard InChI is InChI=1S/C9H17NO4/c1-4-7(14-3)8(11)10-5-6(2)9(12)13/h6-7H,4-5H2,1-3H3,(H,10,11)(H,12,13). The molecule has 0 aliphatic rings. The van der Waals surface area contributed by atoms with Crippen molar-refractivity contribution >= 4 is 11.9 Å². The Labute approximate surface area is 83.4 Å². The first-order chi connectivity index (χ1) is 6.52. The van der Waals surface area contributed by atoms with Gasteiger partial charge in [-0.2, -0.15) is 0 Å². The maximum Gasteiger partial charge on any atom is 0.308 e. The first-order valence-corrected chi connectivity index (χ1v) is 4.56. The van der Waals surface area contributed by atoms with Crippen LogP contribution in [0.15, 0.2) is 0 Å². The lowest BCUT2D eigenvalue weighted by molar-refractivity contribution is -0.141. The van der Waals surface area contributed by atoms with Crippen molar-refractivity contribution < 1.29 is 19.4 Å². The van der Waals surface area contributed by atoms with Crippen LogP contribution in [0.25, 0.3) is 0 Å². The van der Waals surface area contributed by atoms with E-state index >= 15 is 0 Å². The van der Waals surface area contributed by atoms with Crippen molar-refractivity contribution in [2.45, 2.75) is 26.4 Å². The van der Waals surface area contributed by atoms with Crippen molar-refractivity contribution in [2.75, 3.05) is 13.7 Å². The van der Waals surface area contributed by atoms with Crippen LogP contribution < -0.4 is 5.32 Å². The van der Waals surface area contributed by atoms with Gasteiger partial charge >= 0.3 is 5.97 Å². The lowest BCUT2D eigenvalue weighted by Crippen LogP contribution is -2.39. The van der Waals surface area contributed by atoms with E-state index in [1.165, 1.54) is 14.0 Å². The molecule has 0 fully saturated rings. The molecule has 0 rings (SSSR count). The fraction of sp³-hybridized carbons (Fsp3) is 0.778. The van der Waals surface area contributed by atoms with Crippen LogP contribution in [0.2, 0.25) is 0 Å². The highest BCUT2D eigenvalue weighted by atomic mass is 16.5. The molecule has 1 amide bonds. The molecule has 0 aromatic carbocycles. The molecular weight excluding hydrogens is 186 g/mol. The second kappa shape index (κ2) is 6.37. The Morgan fingerprint density at radius 3 is 2.43 bits per heavy atom. The summed E-state index contributed by atoms with van der Waals surface area (Å²) in [6.07, 6.45) is 0.0834. The second-order valence-corrected chi connectivity index (χ2v) is 3.12. The van der Waals surface area contributed by atoms with E-state index in [4.69, 9.17) is 9.84 Å². The zero-order chi connectivity index (χ0) is 11.1. The van der Waals surface area contributed by atoms with E-state index in [0.717, 1.165) is 0 Å². The number of rotatable bonds is 6. The third kappa shape index (κ3) is 4.23. The summed E-state index contributed by atoms with van der Waals surface area (Å²) in [7, 11) is 1.45. The van der Waals surface area contributed by atoms with Gasteiger partial charge in [0.1, 0.15) is 6.10 Å². The molecule has 0 aliphatic carbocycles. The minimum Gasteiger partial charge on any atom is -0.481 e. The summed E-state index contributed by atoms with van der Waals surface area (Å²) in [4.78, 5) is 21.7. The molecule has 5 heteroatoms. The Morgan fingerprint density at radius 1 is 1.50 bits per heavy atom. The maximum atomic E-state index is 11.3. The molecule has 0 aliphatic heterocycles. The molecule has 82 valence electrons. The Kier molecular flexibility index (Phi) is 5.87. The lowest BCUT2D eigenvalue weighted by Gasteiger charge is -2.14. The van der Waals surface area contributed by atoms with Crippen molar-refractivity contribution in [2.24, 2.45) is 5.92 Å². The van der Waals surface area contributed by atoms with Gasteiger partial charge in [0.05, 0.1) is 5.92 Å². The molecule has 0 bridgehead atoms. The van der Waals surface area contributed by atoms with Crippen molar-refractivity contribution in [3.05, 3.63) is 0 Å². The highest BCUT2D eigenvalue weighted by Crippen LogP contribution is 1.97. The molecule has 5 nitrogen and oxygen atoms in total. The number of carbonyl (C=O) groups excluding carboxylic acids is 1. The summed E-state index contributed by atoms with van der Waals surface area (Å²) in [6, 6.07) is 0. The van der Waals surface area contributed by atoms with E-state index in [9.17, 15) is 9.59 Å². The summed E-state index contributed by atoms with van der Waals surface area (Å²) < 4.78 is 4.89. The van der Waals surface area contributed by atoms with Crippen LogP contribution in [-0.4, -0.2) is 36.7 Å². The van der Waals surface area contributed by atoms with Gasteiger partial charge in [0, 0.05) is 13.7 Å². The molecule has 0 radical (unpaired) electrons. The van der Waals surface area contributed by atoms with Crippen molar-refractivity contribution in [1.29, 1.82) is 0 Å². The summed E-state index contributed by atoms with van der Waals surface area (Å²) in [6.45, 7) is 3.50. The van der Waals surface area contributed by atoms with Crippen LogP contribution in [0.3, 0.4) is 0 Å². The van der Waals surface area contributed by atoms with Gasteiger partial charge in [-0.1, -0.05) is 13.8 Å². The van der Waals surface area contributed by atoms with E-state index in [-0.39, 0.29) is 12.5 Å². The number of aliphatic carboxylic acids is 1. The Bertz CT molecular complexity index is 201.